The molecule has 13 heteroatoms. The Morgan fingerprint density at radius 1 is 1.22 bits per heavy atom. The van der Waals surface area contributed by atoms with E-state index in [0.29, 0.717) is 54.4 Å². The molecule has 3 heterocycles. The lowest BCUT2D eigenvalue weighted by molar-refractivity contribution is 0.0958. The quantitative estimate of drug-likeness (QED) is 0.505. The monoisotopic (exact) mass is 488 g/mol. The van der Waals surface area contributed by atoms with Crippen LogP contribution in [0.25, 0.3) is 11.4 Å². The lowest BCUT2D eigenvalue weighted by Crippen LogP contribution is -2.40. The van der Waals surface area contributed by atoms with Crippen LogP contribution in [0.2, 0.25) is 0 Å². The van der Waals surface area contributed by atoms with Gasteiger partial charge in [0.05, 0.1) is 30.1 Å². The lowest BCUT2D eigenvalue weighted by atomic mass is 10.1. The number of carbonyl (C=O) groups excluding carboxylic acids is 2. The summed E-state index contributed by atoms with van der Waals surface area (Å²) in [5.41, 5.74) is 0.849. The SMILES string of the molecule is CNC(=O)c1nnc(N2CCN(C3(C#N)CC3)C2=O)cc1Nc1cccc(-c2ncn(C)n2)c1OC. The van der Waals surface area contributed by atoms with E-state index < -0.39 is 11.4 Å². The summed E-state index contributed by atoms with van der Waals surface area (Å²) in [5.74, 6) is 0.770. The number of aromatic nitrogens is 5. The van der Waals surface area contributed by atoms with Crippen molar-refractivity contribution >= 4 is 29.1 Å². The molecule has 3 aromatic rings. The summed E-state index contributed by atoms with van der Waals surface area (Å²) < 4.78 is 7.26. The van der Waals surface area contributed by atoms with Crippen molar-refractivity contribution in [2.45, 2.75) is 18.4 Å². The maximum Gasteiger partial charge on any atom is 0.327 e. The Labute approximate surface area is 206 Å². The van der Waals surface area contributed by atoms with Crippen molar-refractivity contribution in [2.75, 3.05) is 37.5 Å². The normalized spacial score (nSPS) is 16.0. The van der Waals surface area contributed by atoms with Crippen LogP contribution in [0.15, 0.2) is 30.6 Å². The number of nitriles is 1. The van der Waals surface area contributed by atoms with Gasteiger partial charge in [-0.1, -0.05) is 6.07 Å². The number of methoxy groups -OCH3 is 1. The van der Waals surface area contributed by atoms with Crippen molar-refractivity contribution in [3.63, 3.8) is 0 Å². The molecule has 13 nitrogen and oxygen atoms in total. The molecule has 1 saturated carbocycles. The largest absolute Gasteiger partial charge is 0.494 e. The predicted octanol–water partition coefficient (Wildman–Crippen LogP) is 1.68. The first kappa shape index (κ1) is 23.0. The number of nitrogens with zero attached hydrogens (tertiary/aromatic N) is 8. The number of carbonyl (C=O) groups is 2. The molecule has 184 valence electrons. The van der Waals surface area contributed by atoms with E-state index in [1.165, 1.54) is 19.1 Å². The van der Waals surface area contributed by atoms with Gasteiger partial charge in [-0.15, -0.1) is 10.2 Å². The second kappa shape index (κ2) is 8.81. The number of amides is 3. The molecule has 2 aromatic heterocycles. The van der Waals surface area contributed by atoms with Crippen LogP contribution in [0.5, 0.6) is 5.75 Å². The number of nitrogens with one attached hydrogen (secondary N) is 2. The van der Waals surface area contributed by atoms with E-state index in [1.807, 2.05) is 12.1 Å². The van der Waals surface area contributed by atoms with Crippen LogP contribution in [0.4, 0.5) is 22.0 Å². The summed E-state index contributed by atoms with van der Waals surface area (Å²) in [7, 11) is 4.80. The molecule has 1 saturated heterocycles. The van der Waals surface area contributed by atoms with Gasteiger partial charge in [0.25, 0.3) is 5.91 Å². The van der Waals surface area contributed by atoms with Gasteiger partial charge in [0, 0.05) is 33.3 Å². The van der Waals surface area contributed by atoms with E-state index in [1.54, 1.807) is 35.1 Å². The van der Waals surface area contributed by atoms with Crippen molar-refractivity contribution < 1.29 is 14.3 Å². The predicted molar refractivity (Wildman–Crippen MR) is 129 cm³/mol. The Morgan fingerprint density at radius 2 is 2.03 bits per heavy atom. The second-order valence-corrected chi connectivity index (χ2v) is 8.53. The van der Waals surface area contributed by atoms with E-state index in [0.717, 1.165) is 0 Å². The molecule has 2 fully saturated rings. The molecule has 3 amide bonds. The average molecular weight is 489 g/mol. The van der Waals surface area contributed by atoms with Crippen molar-refractivity contribution in [3.05, 3.63) is 36.3 Å². The van der Waals surface area contributed by atoms with Crippen molar-refractivity contribution in [3.8, 4) is 23.2 Å². The Morgan fingerprint density at radius 3 is 2.67 bits per heavy atom. The number of urea groups is 1. The van der Waals surface area contributed by atoms with Gasteiger partial charge >= 0.3 is 6.03 Å². The fourth-order valence-electron chi connectivity index (χ4n) is 4.24. The van der Waals surface area contributed by atoms with Crippen LogP contribution in [0.1, 0.15) is 23.3 Å². The third-order valence-electron chi connectivity index (χ3n) is 6.29. The zero-order valence-corrected chi connectivity index (χ0v) is 20.0. The van der Waals surface area contributed by atoms with Gasteiger partial charge in [-0.05, 0) is 25.0 Å². The summed E-state index contributed by atoms with van der Waals surface area (Å²) >= 11 is 0. The number of ether oxygens (including phenoxy) is 1. The van der Waals surface area contributed by atoms with Gasteiger partial charge in [0.15, 0.2) is 23.1 Å². The standard InChI is InChI=1S/C23H24N10O3/c1-25-21(34)18-16(27-15-6-4-5-14(19(15)36-3)20-26-13-31(2)30-20)11-17(28-29-18)32-9-10-33(22(32)35)23(12-24)7-8-23/h4-6,11,13H,7-10H2,1-3H3,(H,25,34)(H,27,28). The summed E-state index contributed by atoms with van der Waals surface area (Å²) in [5, 5.41) is 27.9. The van der Waals surface area contributed by atoms with Crippen molar-refractivity contribution in [2.24, 2.45) is 7.05 Å². The highest BCUT2D eigenvalue weighted by atomic mass is 16.5. The summed E-state index contributed by atoms with van der Waals surface area (Å²) in [6.07, 6.45) is 2.92. The molecule has 1 aliphatic carbocycles. The van der Waals surface area contributed by atoms with Crippen LogP contribution in [-0.2, 0) is 7.05 Å². The van der Waals surface area contributed by atoms with Gasteiger partial charge in [-0.3, -0.25) is 14.4 Å². The van der Waals surface area contributed by atoms with Crippen LogP contribution < -0.4 is 20.3 Å². The highest BCUT2D eigenvalue weighted by molar-refractivity contribution is 6.00. The molecular weight excluding hydrogens is 464 g/mol. The number of rotatable bonds is 7. The lowest BCUT2D eigenvalue weighted by Gasteiger charge is -2.22. The molecule has 1 aliphatic heterocycles. The Hall–Kier alpha value is -4.73. The van der Waals surface area contributed by atoms with Crippen LogP contribution in [-0.4, -0.2) is 74.6 Å². The molecule has 0 bridgehead atoms. The highest BCUT2D eigenvalue weighted by Gasteiger charge is 2.54. The van der Waals surface area contributed by atoms with Gasteiger partial charge < -0.3 is 20.3 Å². The van der Waals surface area contributed by atoms with Gasteiger partial charge in [0.2, 0.25) is 0 Å². The fraction of sp³-hybridized carbons (Fsp3) is 0.348. The minimum absolute atomic E-state index is 0.0452. The van der Waals surface area contributed by atoms with E-state index in [-0.39, 0.29) is 17.5 Å². The maximum absolute atomic E-state index is 13.1. The highest BCUT2D eigenvalue weighted by Crippen LogP contribution is 2.43. The van der Waals surface area contributed by atoms with Crippen molar-refractivity contribution in [1.82, 2.24) is 35.2 Å². The third kappa shape index (κ3) is 3.82. The van der Waals surface area contributed by atoms with Crippen LogP contribution in [0.3, 0.4) is 0 Å². The number of anilines is 3. The Kier molecular flexibility index (Phi) is 5.63. The average Bonchev–Trinajstić information content (AvgIpc) is 3.41. The van der Waals surface area contributed by atoms with Gasteiger partial charge in [-0.25, -0.2) is 9.78 Å². The number of para-hydroxylation sites is 1. The molecular formula is C23H24N10O3. The molecule has 0 spiro atoms. The number of hydrogen-bond donors (Lipinski definition) is 2. The third-order valence-corrected chi connectivity index (χ3v) is 6.29. The molecule has 0 radical (unpaired) electrons. The number of hydrogen-bond acceptors (Lipinski definition) is 9. The Bertz CT molecular complexity index is 1390. The molecule has 2 aliphatic rings. The molecule has 0 atom stereocenters. The van der Waals surface area contributed by atoms with E-state index in [2.05, 4.69) is 37.0 Å². The first-order valence-corrected chi connectivity index (χ1v) is 11.3. The zero-order chi connectivity index (χ0) is 25.4. The summed E-state index contributed by atoms with van der Waals surface area (Å²) in [4.78, 5) is 33.0. The van der Waals surface area contributed by atoms with Crippen LogP contribution in [0, 0.1) is 11.3 Å². The van der Waals surface area contributed by atoms with Crippen LogP contribution >= 0.6 is 0 Å². The van der Waals surface area contributed by atoms with Crippen molar-refractivity contribution in [1.29, 1.82) is 5.26 Å². The van der Waals surface area contributed by atoms with E-state index >= 15 is 0 Å². The molecule has 0 unspecified atom stereocenters. The number of benzene rings is 1. The minimum atomic E-state index is -0.726. The van der Waals surface area contributed by atoms with Gasteiger partial charge in [0.1, 0.15) is 11.9 Å². The molecule has 1 aromatic carbocycles. The summed E-state index contributed by atoms with van der Waals surface area (Å²) in [6.45, 7) is 0.779. The van der Waals surface area contributed by atoms with Gasteiger partial charge in [-0.2, -0.15) is 10.4 Å². The topological polar surface area (TPSA) is 154 Å². The Balaban J connectivity index is 1.51. The minimum Gasteiger partial charge on any atom is -0.494 e. The second-order valence-electron chi connectivity index (χ2n) is 8.53. The first-order valence-electron chi connectivity index (χ1n) is 11.3. The molecule has 2 N–H and O–H groups in total. The smallest absolute Gasteiger partial charge is 0.327 e. The maximum atomic E-state index is 13.1. The van der Waals surface area contributed by atoms with E-state index in [4.69, 9.17) is 4.74 Å². The molecule has 36 heavy (non-hydrogen) atoms. The first-order chi connectivity index (χ1) is 17.4. The fourth-order valence-corrected chi connectivity index (χ4v) is 4.24. The van der Waals surface area contributed by atoms with E-state index in [9.17, 15) is 14.9 Å². The molecule has 5 rings (SSSR count). The summed E-state index contributed by atoms with van der Waals surface area (Å²) in [6, 6.07) is 8.97. The number of aryl methyl sites for hydroxylation is 1. The zero-order valence-electron chi connectivity index (χ0n) is 20.0.